The first-order valence-electron chi connectivity index (χ1n) is 7.08. The molecular formula is C14H25NO2. The number of carbonyl (C=O) groups excluding carboxylic acids is 1. The molecule has 2 fully saturated rings. The topological polar surface area (TPSA) is 29.5 Å². The predicted octanol–water partition coefficient (Wildman–Crippen LogP) is 2.25. The van der Waals surface area contributed by atoms with Gasteiger partial charge in [0.25, 0.3) is 0 Å². The van der Waals surface area contributed by atoms with Crippen LogP contribution in [0.2, 0.25) is 0 Å². The largest absolute Gasteiger partial charge is 0.377 e. The summed E-state index contributed by atoms with van der Waals surface area (Å²) >= 11 is 0. The summed E-state index contributed by atoms with van der Waals surface area (Å²) in [7, 11) is 0. The lowest BCUT2D eigenvalue weighted by atomic mass is 9.87. The first kappa shape index (κ1) is 13.0. The van der Waals surface area contributed by atoms with Crippen LogP contribution in [0.5, 0.6) is 0 Å². The number of aldehydes is 1. The second-order valence-corrected chi connectivity index (χ2v) is 5.64. The molecule has 0 aromatic carbocycles. The quantitative estimate of drug-likeness (QED) is 0.689. The SMILES string of the molecule is CCOC1CCCN(CC2(C=O)CCCC2)C1. The molecule has 1 saturated heterocycles. The Hall–Kier alpha value is -0.410. The first-order valence-corrected chi connectivity index (χ1v) is 7.08. The molecule has 0 amide bonds. The van der Waals surface area contributed by atoms with Gasteiger partial charge in [0.15, 0.2) is 0 Å². The van der Waals surface area contributed by atoms with Crippen molar-refractivity contribution in [1.82, 2.24) is 4.90 Å². The van der Waals surface area contributed by atoms with E-state index in [1.807, 2.05) is 0 Å². The van der Waals surface area contributed by atoms with Gasteiger partial charge in [-0.25, -0.2) is 0 Å². The van der Waals surface area contributed by atoms with Crippen LogP contribution >= 0.6 is 0 Å². The fourth-order valence-electron chi connectivity index (χ4n) is 3.37. The van der Waals surface area contributed by atoms with Gasteiger partial charge in [0.05, 0.1) is 6.10 Å². The van der Waals surface area contributed by atoms with E-state index < -0.39 is 0 Å². The molecule has 1 heterocycles. The lowest BCUT2D eigenvalue weighted by Gasteiger charge is -2.37. The fourth-order valence-corrected chi connectivity index (χ4v) is 3.37. The van der Waals surface area contributed by atoms with Gasteiger partial charge in [-0.05, 0) is 39.2 Å². The van der Waals surface area contributed by atoms with Crippen LogP contribution in [0.4, 0.5) is 0 Å². The van der Waals surface area contributed by atoms with E-state index in [-0.39, 0.29) is 5.41 Å². The van der Waals surface area contributed by atoms with E-state index in [1.165, 1.54) is 32.0 Å². The summed E-state index contributed by atoms with van der Waals surface area (Å²) in [6, 6.07) is 0. The number of ether oxygens (including phenoxy) is 1. The van der Waals surface area contributed by atoms with Crippen LogP contribution in [0, 0.1) is 5.41 Å². The van der Waals surface area contributed by atoms with Gasteiger partial charge in [0.1, 0.15) is 6.29 Å². The molecular weight excluding hydrogens is 214 g/mol. The summed E-state index contributed by atoms with van der Waals surface area (Å²) in [5.41, 5.74) is -0.0336. The molecule has 0 radical (unpaired) electrons. The number of carbonyl (C=O) groups is 1. The first-order chi connectivity index (χ1) is 8.28. The van der Waals surface area contributed by atoms with Crippen LogP contribution in [-0.4, -0.2) is 43.5 Å². The third-order valence-corrected chi connectivity index (χ3v) is 4.25. The minimum Gasteiger partial charge on any atom is -0.377 e. The zero-order valence-electron chi connectivity index (χ0n) is 11.0. The summed E-state index contributed by atoms with van der Waals surface area (Å²) in [5, 5.41) is 0. The van der Waals surface area contributed by atoms with E-state index in [4.69, 9.17) is 4.74 Å². The minimum absolute atomic E-state index is 0.0336. The molecule has 17 heavy (non-hydrogen) atoms. The Kier molecular flexibility index (Phi) is 4.57. The lowest BCUT2D eigenvalue weighted by molar-refractivity contribution is -0.117. The van der Waals surface area contributed by atoms with Gasteiger partial charge in [0.2, 0.25) is 0 Å². The normalized spacial score (nSPS) is 29.4. The predicted molar refractivity (Wildman–Crippen MR) is 68.1 cm³/mol. The number of nitrogens with zero attached hydrogens (tertiary/aromatic N) is 1. The van der Waals surface area contributed by atoms with Gasteiger partial charge < -0.3 is 9.53 Å². The molecule has 3 nitrogen and oxygen atoms in total. The number of piperidine rings is 1. The Bertz CT molecular complexity index is 247. The van der Waals surface area contributed by atoms with Crippen LogP contribution in [0.1, 0.15) is 45.4 Å². The van der Waals surface area contributed by atoms with E-state index in [9.17, 15) is 4.79 Å². The van der Waals surface area contributed by atoms with E-state index >= 15 is 0 Å². The average Bonchev–Trinajstić information content (AvgIpc) is 2.79. The molecule has 1 aliphatic heterocycles. The highest BCUT2D eigenvalue weighted by Gasteiger charge is 2.36. The Morgan fingerprint density at radius 3 is 2.76 bits per heavy atom. The van der Waals surface area contributed by atoms with Crippen molar-refractivity contribution in [2.24, 2.45) is 5.41 Å². The molecule has 0 bridgehead atoms. The number of likely N-dealkylation sites (tertiary alicyclic amines) is 1. The number of rotatable bonds is 5. The Morgan fingerprint density at radius 1 is 1.35 bits per heavy atom. The second kappa shape index (κ2) is 5.96. The molecule has 0 aromatic rings. The van der Waals surface area contributed by atoms with Crippen molar-refractivity contribution in [3.05, 3.63) is 0 Å². The molecule has 0 aromatic heterocycles. The summed E-state index contributed by atoms with van der Waals surface area (Å²) in [5.74, 6) is 0. The van der Waals surface area contributed by atoms with Crippen molar-refractivity contribution in [3.63, 3.8) is 0 Å². The Morgan fingerprint density at radius 2 is 2.12 bits per heavy atom. The molecule has 0 spiro atoms. The van der Waals surface area contributed by atoms with Crippen LogP contribution in [0.15, 0.2) is 0 Å². The summed E-state index contributed by atoms with van der Waals surface area (Å²) in [4.78, 5) is 13.8. The highest BCUT2D eigenvalue weighted by molar-refractivity contribution is 5.60. The van der Waals surface area contributed by atoms with Gasteiger partial charge in [-0.2, -0.15) is 0 Å². The van der Waals surface area contributed by atoms with Gasteiger partial charge >= 0.3 is 0 Å². The fraction of sp³-hybridized carbons (Fsp3) is 0.929. The maximum absolute atomic E-state index is 11.4. The van der Waals surface area contributed by atoms with E-state index in [2.05, 4.69) is 11.8 Å². The summed E-state index contributed by atoms with van der Waals surface area (Å²) < 4.78 is 5.71. The number of hydrogen-bond acceptors (Lipinski definition) is 3. The molecule has 1 saturated carbocycles. The molecule has 3 heteroatoms. The second-order valence-electron chi connectivity index (χ2n) is 5.64. The third kappa shape index (κ3) is 3.29. The van der Waals surface area contributed by atoms with E-state index in [0.29, 0.717) is 6.10 Å². The van der Waals surface area contributed by atoms with Gasteiger partial charge in [-0.15, -0.1) is 0 Å². The highest BCUT2D eigenvalue weighted by atomic mass is 16.5. The zero-order valence-corrected chi connectivity index (χ0v) is 11.0. The molecule has 1 aliphatic carbocycles. The van der Waals surface area contributed by atoms with Crippen LogP contribution in [0.3, 0.4) is 0 Å². The zero-order chi connectivity index (χ0) is 12.1. The standard InChI is InChI=1S/C14H25NO2/c1-2-17-13-6-5-9-15(10-13)11-14(12-16)7-3-4-8-14/h12-13H,2-11H2,1H3. The van der Waals surface area contributed by atoms with Crippen molar-refractivity contribution >= 4 is 6.29 Å². The maximum atomic E-state index is 11.4. The Balaban J connectivity index is 1.87. The molecule has 98 valence electrons. The van der Waals surface area contributed by atoms with Crippen molar-refractivity contribution in [2.45, 2.75) is 51.6 Å². The molecule has 1 atom stereocenters. The molecule has 2 rings (SSSR count). The molecule has 0 N–H and O–H groups in total. The summed E-state index contributed by atoms with van der Waals surface area (Å²) in [6.07, 6.45) is 8.63. The van der Waals surface area contributed by atoms with Crippen LogP contribution < -0.4 is 0 Å². The third-order valence-electron chi connectivity index (χ3n) is 4.25. The Labute approximate surface area is 105 Å². The van der Waals surface area contributed by atoms with Crippen molar-refractivity contribution < 1.29 is 9.53 Å². The van der Waals surface area contributed by atoms with E-state index in [0.717, 1.165) is 39.1 Å². The van der Waals surface area contributed by atoms with Crippen LogP contribution in [0.25, 0.3) is 0 Å². The van der Waals surface area contributed by atoms with Crippen molar-refractivity contribution in [2.75, 3.05) is 26.2 Å². The van der Waals surface area contributed by atoms with Gasteiger partial charge in [-0.1, -0.05) is 12.8 Å². The van der Waals surface area contributed by atoms with Crippen LogP contribution in [-0.2, 0) is 9.53 Å². The van der Waals surface area contributed by atoms with Gasteiger partial charge in [0, 0.05) is 25.1 Å². The average molecular weight is 239 g/mol. The minimum atomic E-state index is -0.0336. The molecule has 1 unspecified atom stereocenters. The lowest BCUT2D eigenvalue weighted by Crippen LogP contribution is -2.45. The monoisotopic (exact) mass is 239 g/mol. The smallest absolute Gasteiger partial charge is 0.127 e. The highest BCUT2D eigenvalue weighted by Crippen LogP contribution is 2.37. The maximum Gasteiger partial charge on any atom is 0.127 e. The van der Waals surface area contributed by atoms with E-state index in [1.54, 1.807) is 0 Å². The summed E-state index contributed by atoms with van der Waals surface area (Å²) in [6.45, 7) is 5.98. The molecule has 2 aliphatic rings. The number of hydrogen-bond donors (Lipinski definition) is 0. The van der Waals surface area contributed by atoms with Gasteiger partial charge in [-0.3, -0.25) is 4.90 Å². The van der Waals surface area contributed by atoms with Crippen molar-refractivity contribution in [1.29, 1.82) is 0 Å². The van der Waals surface area contributed by atoms with Crippen molar-refractivity contribution in [3.8, 4) is 0 Å².